The third-order valence-corrected chi connectivity index (χ3v) is 2.23. The maximum Gasteiger partial charge on any atom is 0.389 e. The molecule has 0 radical (unpaired) electrons. The van der Waals surface area contributed by atoms with E-state index in [2.05, 4.69) is 0 Å². The van der Waals surface area contributed by atoms with E-state index in [9.17, 15) is 13.2 Å². The van der Waals surface area contributed by atoms with E-state index in [-0.39, 0.29) is 12.2 Å². The summed E-state index contributed by atoms with van der Waals surface area (Å²) in [5.74, 6) is 0.132. The molecule has 16 heavy (non-hydrogen) atoms. The molecule has 0 aliphatic heterocycles. The molecule has 0 aliphatic carbocycles. The van der Waals surface area contributed by atoms with Gasteiger partial charge < -0.3 is 10.8 Å². The van der Waals surface area contributed by atoms with E-state index in [0.29, 0.717) is 6.42 Å². The minimum Gasteiger partial charge on any atom is -0.508 e. The summed E-state index contributed by atoms with van der Waals surface area (Å²) in [6, 6.07) is 5.79. The van der Waals surface area contributed by atoms with Crippen molar-refractivity contribution in [3.05, 3.63) is 29.8 Å². The Morgan fingerprint density at radius 3 is 2.25 bits per heavy atom. The van der Waals surface area contributed by atoms with Gasteiger partial charge in [-0.1, -0.05) is 12.1 Å². The predicted molar refractivity (Wildman–Crippen MR) is 55.1 cm³/mol. The van der Waals surface area contributed by atoms with E-state index in [1.54, 1.807) is 12.1 Å². The van der Waals surface area contributed by atoms with Crippen molar-refractivity contribution in [2.45, 2.75) is 31.5 Å². The zero-order valence-corrected chi connectivity index (χ0v) is 8.67. The van der Waals surface area contributed by atoms with Gasteiger partial charge in [0.2, 0.25) is 0 Å². The Kier molecular flexibility index (Phi) is 4.18. The van der Waals surface area contributed by atoms with E-state index >= 15 is 0 Å². The second kappa shape index (κ2) is 5.21. The Balaban J connectivity index is 2.39. The molecule has 1 atom stereocenters. The van der Waals surface area contributed by atoms with Gasteiger partial charge in [0.25, 0.3) is 0 Å². The molecular weight excluding hydrogens is 219 g/mol. The number of hydrogen-bond acceptors (Lipinski definition) is 2. The molecule has 5 heteroatoms. The Morgan fingerprint density at radius 2 is 1.75 bits per heavy atom. The van der Waals surface area contributed by atoms with Gasteiger partial charge in [0.15, 0.2) is 0 Å². The summed E-state index contributed by atoms with van der Waals surface area (Å²) in [6.45, 7) is 0. The van der Waals surface area contributed by atoms with Crippen LogP contribution in [0.4, 0.5) is 13.2 Å². The standard InChI is InChI=1S/C11H14F3NO/c12-11(13,14)6-5-9(15)7-8-1-3-10(16)4-2-8/h1-4,9,16H,5-7,15H2. The zero-order valence-electron chi connectivity index (χ0n) is 8.67. The smallest absolute Gasteiger partial charge is 0.389 e. The molecule has 0 aromatic heterocycles. The first-order chi connectivity index (χ1) is 7.37. The number of benzene rings is 1. The molecule has 1 unspecified atom stereocenters. The first kappa shape index (κ1) is 12.8. The van der Waals surface area contributed by atoms with E-state index in [1.165, 1.54) is 12.1 Å². The highest BCUT2D eigenvalue weighted by Gasteiger charge is 2.27. The zero-order chi connectivity index (χ0) is 12.2. The molecule has 1 rings (SSSR count). The molecule has 0 aliphatic rings. The Bertz CT molecular complexity index is 321. The number of rotatable bonds is 4. The van der Waals surface area contributed by atoms with Gasteiger partial charge in [-0.25, -0.2) is 0 Å². The van der Waals surface area contributed by atoms with Crippen LogP contribution in [-0.2, 0) is 6.42 Å². The van der Waals surface area contributed by atoms with Gasteiger partial charge >= 0.3 is 6.18 Å². The van der Waals surface area contributed by atoms with Gasteiger partial charge in [0.05, 0.1) is 0 Å². The van der Waals surface area contributed by atoms with Gasteiger partial charge in [-0.05, 0) is 30.5 Å². The quantitative estimate of drug-likeness (QED) is 0.839. The number of nitrogens with two attached hydrogens (primary N) is 1. The number of hydrogen-bond donors (Lipinski definition) is 2. The number of phenols is 1. The van der Waals surface area contributed by atoms with Crippen molar-refractivity contribution in [1.82, 2.24) is 0 Å². The van der Waals surface area contributed by atoms with E-state index in [1.807, 2.05) is 0 Å². The summed E-state index contributed by atoms with van der Waals surface area (Å²) in [7, 11) is 0. The molecule has 2 nitrogen and oxygen atoms in total. The molecule has 1 aromatic rings. The van der Waals surface area contributed by atoms with Crippen molar-refractivity contribution < 1.29 is 18.3 Å². The van der Waals surface area contributed by atoms with Crippen molar-refractivity contribution in [3.8, 4) is 5.75 Å². The first-order valence-corrected chi connectivity index (χ1v) is 4.97. The van der Waals surface area contributed by atoms with E-state index < -0.39 is 18.6 Å². The molecule has 0 amide bonds. The lowest BCUT2D eigenvalue weighted by Gasteiger charge is -2.13. The number of halogens is 3. The lowest BCUT2D eigenvalue weighted by atomic mass is 10.0. The van der Waals surface area contributed by atoms with Crippen molar-refractivity contribution >= 4 is 0 Å². The highest BCUT2D eigenvalue weighted by Crippen LogP contribution is 2.22. The van der Waals surface area contributed by atoms with Crippen LogP contribution in [0.25, 0.3) is 0 Å². The van der Waals surface area contributed by atoms with Gasteiger partial charge in [-0.2, -0.15) is 13.2 Å². The third-order valence-electron chi connectivity index (χ3n) is 2.23. The summed E-state index contributed by atoms with van der Waals surface area (Å²) in [5, 5.41) is 9.02. The van der Waals surface area contributed by atoms with Crippen LogP contribution >= 0.6 is 0 Å². The number of phenolic OH excluding ortho intramolecular Hbond substituents is 1. The van der Waals surface area contributed by atoms with Gasteiger partial charge in [0, 0.05) is 12.5 Å². The second-order valence-electron chi connectivity index (χ2n) is 3.78. The summed E-state index contributed by atoms with van der Waals surface area (Å²) in [6.07, 6.45) is -4.69. The Hall–Kier alpha value is -1.23. The van der Waals surface area contributed by atoms with Crippen LogP contribution < -0.4 is 5.73 Å². The molecule has 0 saturated carbocycles. The van der Waals surface area contributed by atoms with Crippen LogP contribution in [0, 0.1) is 0 Å². The van der Waals surface area contributed by atoms with Crippen LogP contribution in [0.15, 0.2) is 24.3 Å². The summed E-state index contributed by atoms with van der Waals surface area (Å²) < 4.78 is 35.8. The average Bonchev–Trinajstić information content (AvgIpc) is 2.18. The summed E-state index contributed by atoms with van der Waals surface area (Å²) in [5.41, 5.74) is 6.41. The van der Waals surface area contributed by atoms with Gasteiger partial charge in [-0.15, -0.1) is 0 Å². The van der Waals surface area contributed by atoms with Crippen molar-refractivity contribution in [2.24, 2.45) is 5.73 Å². The summed E-state index contributed by atoms with van der Waals surface area (Å²) in [4.78, 5) is 0. The van der Waals surface area contributed by atoms with Crippen LogP contribution in [0.1, 0.15) is 18.4 Å². The SMILES string of the molecule is NC(CCC(F)(F)F)Cc1ccc(O)cc1. The fourth-order valence-corrected chi connectivity index (χ4v) is 1.39. The average molecular weight is 233 g/mol. The maximum atomic E-state index is 11.9. The largest absolute Gasteiger partial charge is 0.508 e. The van der Waals surface area contributed by atoms with Gasteiger partial charge in [0.1, 0.15) is 5.75 Å². The number of aromatic hydroxyl groups is 1. The lowest BCUT2D eigenvalue weighted by molar-refractivity contribution is -0.136. The highest BCUT2D eigenvalue weighted by atomic mass is 19.4. The molecular formula is C11H14F3NO. The molecule has 3 N–H and O–H groups in total. The lowest BCUT2D eigenvalue weighted by Crippen LogP contribution is -2.25. The van der Waals surface area contributed by atoms with Gasteiger partial charge in [-0.3, -0.25) is 0 Å². The Morgan fingerprint density at radius 1 is 1.19 bits per heavy atom. The molecule has 0 fully saturated rings. The molecule has 0 saturated heterocycles. The highest BCUT2D eigenvalue weighted by molar-refractivity contribution is 5.26. The third kappa shape index (κ3) is 5.02. The fraction of sp³-hybridized carbons (Fsp3) is 0.455. The number of alkyl halides is 3. The molecule has 0 bridgehead atoms. The fourth-order valence-electron chi connectivity index (χ4n) is 1.39. The second-order valence-corrected chi connectivity index (χ2v) is 3.78. The Labute approximate surface area is 91.9 Å². The van der Waals surface area contributed by atoms with Crippen LogP contribution in [0.5, 0.6) is 5.75 Å². The molecule has 1 aromatic carbocycles. The topological polar surface area (TPSA) is 46.2 Å². The minimum absolute atomic E-state index is 0.0790. The van der Waals surface area contributed by atoms with Crippen molar-refractivity contribution in [1.29, 1.82) is 0 Å². The normalized spacial score (nSPS) is 13.8. The molecule has 90 valence electrons. The molecule has 0 heterocycles. The summed E-state index contributed by atoms with van der Waals surface area (Å²) >= 11 is 0. The maximum absolute atomic E-state index is 11.9. The first-order valence-electron chi connectivity index (χ1n) is 4.97. The van der Waals surface area contributed by atoms with E-state index in [4.69, 9.17) is 10.8 Å². The van der Waals surface area contributed by atoms with Crippen LogP contribution in [0.2, 0.25) is 0 Å². The van der Waals surface area contributed by atoms with Crippen LogP contribution in [0.3, 0.4) is 0 Å². The van der Waals surface area contributed by atoms with Crippen molar-refractivity contribution in [2.75, 3.05) is 0 Å². The predicted octanol–water partition coefficient (Wildman–Crippen LogP) is 2.60. The monoisotopic (exact) mass is 233 g/mol. The van der Waals surface area contributed by atoms with E-state index in [0.717, 1.165) is 5.56 Å². The van der Waals surface area contributed by atoms with Crippen molar-refractivity contribution in [3.63, 3.8) is 0 Å². The minimum atomic E-state index is -4.15. The van der Waals surface area contributed by atoms with Crippen LogP contribution in [-0.4, -0.2) is 17.3 Å². The molecule has 0 spiro atoms.